The van der Waals surface area contributed by atoms with Crippen molar-refractivity contribution in [2.45, 2.75) is 26.2 Å². The predicted octanol–water partition coefficient (Wildman–Crippen LogP) is 3.54. The van der Waals surface area contributed by atoms with Crippen LogP contribution < -0.4 is 5.73 Å². The first-order chi connectivity index (χ1) is 6.66. The highest BCUT2D eigenvalue weighted by atomic mass is 79.9. The normalized spacial score (nSPS) is 15.1. The van der Waals surface area contributed by atoms with Gasteiger partial charge in [0.2, 0.25) is 0 Å². The van der Waals surface area contributed by atoms with E-state index in [4.69, 9.17) is 5.73 Å². The highest BCUT2D eigenvalue weighted by Gasteiger charge is 2.15. The van der Waals surface area contributed by atoms with E-state index in [2.05, 4.69) is 48.0 Å². The zero-order valence-corrected chi connectivity index (χ0v) is 10.4. The molecule has 0 aliphatic rings. The van der Waals surface area contributed by atoms with Crippen LogP contribution in [0.5, 0.6) is 0 Å². The van der Waals surface area contributed by atoms with Crippen molar-refractivity contribution < 1.29 is 0 Å². The number of hydrogen-bond acceptors (Lipinski definition) is 1. The minimum atomic E-state index is 0.564. The highest BCUT2D eigenvalue weighted by Crippen LogP contribution is 2.31. The zero-order valence-electron chi connectivity index (χ0n) is 8.83. The third kappa shape index (κ3) is 2.82. The van der Waals surface area contributed by atoms with Crippen molar-refractivity contribution in [2.24, 2.45) is 11.7 Å². The van der Waals surface area contributed by atoms with Crippen LogP contribution in [0.3, 0.4) is 0 Å². The molecular formula is C12H18BrN. The molecule has 1 nitrogen and oxygen atoms in total. The minimum absolute atomic E-state index is 0.564. The number of rotatable bonds is 4. The van der Waals surface area contributed by atoms with Crippen LogP contribution in [-0.2, 0) is 0 Å². The van der Waals surface area contributed by atoms with Crippen LogP contribution in [0.15, 0.2) is 28.7 Å². The fraction of sp³-hybridized carbons (Fsp3) is 0.500. The second-order valence-corrected chi connectivity index (χ2v) is 4.72. The monoisotopic (exact) mass is 255 g/mol. The third-order valence-corrected chi connectivity index (χ3v) is 3.59. The molecule has 0 aliphatic heterocycles. The maximum absolute atomic E-state index is 5.57. The number of benzene rings is 1. The highest BCUT2D eigenvalue weighted by molar-refractivity contribution is 9.10. The molecule has 1 aromatic carbocycles. The minimum Gasteiger partial charge on any atom is -0.330 e. The Bertz CT molecular complexity index is 285. The number of halogens is 1. The van der Waals surface area contributed by atoms with Gasteiger partial charge in [0.05, 0.1) is 0 Å². The molecule has 0 radical (unpaired) electrons. The standard InChI is InChI=1S/C12H18BrN/c1-9(7-8-14)10(2)11-5-3-4-6-12(11)13/h3-6,9-10H,7-8,14H2,1-2H3. The molecule has 0 spiro atoms. The second-order valence-electron chi connectivity index (χ2n) is 3.86. The van der Waals surface area contributed by atoms with E-state index in [0.29, 0.717) is 11.8 Å². The molecule has 14 heavy (non-hydrogen) atoms. The molecule has 0 amide bonds. The van der Waals surface area contributed by atoms with Gasteiger partial charge < -0.3 is 5.73 Å². The predicted molar refractivity (Wildman–Crippen MR) is 65.4 cm³/mol. The largest absolute Gasteiger partial charge is 0.330 e. The lowest BCUT2D eigenvalue weighted by molar-refractivity contribution is 0.458. The van der Waals surface area contributed by atoms with Gasteiger partial charge in [0.15, 0.2) is 0 Å². The molecule has 2 heteroatoms. The van der Waals surface area contributed by atoms with Gasteiger partial charge in [-0.1, -0.05) is 48.0 Å². The van der Waals surface area contributed by atoms with Gasteiger partial charge in [-0.3, -0.25) is 0 Å². The Balaban J connectivity index is 2.78. The summed E-state index contributed by atoms with van der Waals surface area (Å²) >= 11 is 3.59. The van der Waals surface area contributed by atoms with Crippen LogP contribution in [0.2, 0.25) is 0 Å². The molecule has 0 saturated carbocycles. The molecule has 0 aromatic heterocycles. The summed E-state index contributed by atoms with van der Waals surface area (Å²) in [6.45, 7) is 5.30. The van der Waals surface area contributed by atoms with Crippen LogP contribution in [0.25, 0.3) is 0 Å². The fourth-order valence-corrected chi connectivity index (χ4v) is 2.31. The lowest BCUT2D eigenvalue weighted by Crippen LogP contribution is -2.12. The molecule has 0 saturated heterocycles. The van der Waals surface area contributed by atoms with Crippen molar-refractivity contribution in [3.05, 3.63) is 34.3 Å². The lowest BCUT2D eigenvalue weighted by atomic mass is 9.87. The lowest BCUT2D eigenvalue weighted by Gasteiger charge is -2.20. The van der Waals surface area contributed by atoms with Crippen LogP contribution in [0, 0.1) is 5.92 Å². The van der Waals surface area contributed by atoms with Gasteiger partial charge in [-0.25, -0.2) is 0 Å². The van der Waals surface area contributed by atoms with Crippen LogP contribution in [-0.4, -0.2) is 6.54 Å². The average molecular weight is 256 g/mol. The summed E-state index contributed by atoms with van der Waals surface area (Å²) in [5, 5.41) is 0. The zero-order chi connectivity index (χ0) is 10.6. The second kappa shape index (κ2) is 5.52. The summed E-state index contributed by atoms with van der Waals surface area (Å²) in [7, 11) is 0. The Kier molecular flexibility index (Phi) is 4.63. The van der Waals surface area contributed by atoms with Gasteiger partial charge in [0, 0.05) is 4.47 Å². The van der Waals surface area contributed by atoms with Crippen molar-refractivity contribution in [3.8, 4) is 0 Å². The molecule has 0 bridgehead atoms. The summed E-state index contributed by atoms with van der Waals surface area (Å²) in [4.78, 5) is 0. The first-order valence-corrected chi connectivity index (χ1v) is 5.90. The summed E-state index contributed by atoms with van der Waals surface area (Å²) in [5.41, 5.74) is 6.95. The van der Waals surface area contributed by atoms with Gasteiger partial charge in [-0.2, -0.15) is 0 Å². The average Bonchev–Trinajstić information content (AvgIpc) is 2.18. The summed E-state index contributed by atoms with van der Waals surface area (Å²) < 4.78 is 1.20. The Morgan fingerprint density at radius 3 is 2.50 bits per heavy atom. The van der Waals surface area contributed by atoms with Gasteiger partial charge in [-0.15, -0.1) is 0 Å². The molecule has 0 heterocycles. The summed E-state index contributed by atoms with van der Waals surface area (Å²) in [6.07, 6.45) is 1.09. The van der Waals surface area contributed by atoms with Crippen molar-refractivity contribution in [2.75, 3.05) is 6.54 Å². The van der Waals surface area contributed by atoms with Gasteiger partial charge in [-0.05, 0) is 36.4 Å². The van der Waals surface area contributed by atoms with Crippen LogP contribution in [0.1, 0.15) is 31.7 Å². The van der Waals surface area contributed by atoms with Gasteiger partial charge >= 0.3 is 0 Å². The number of hydrogen-bond donors (Lipinski definition) is 1. The molecule has 2 unspecified atom stereocenters. The van der Waals surface area contributed by atoms with Crippen molar-refractivity contribution in [3.63, 3.8) is 0 Å². The molecule has 0 fully saturated rings. The molecule has 2 N–H and O–H groups in total. The van der Waals surface area contributed by atoms with Crippen molar-refractivity contribution >= 4 is 15.9 Å². The molecule has 78 valence electrons. The molecule has 1 aromatic rings. The smallest absolute Gasteiger partial charge is 0.0210 e. The molecule has 0 aliphatic carbocycles. The Morgan fingerprint density at radius 1 is 1.29 bits per heavy atom. The fourth-order valence-electron chi connectivity index (χ4n) is 1.66. The first kappa shape index (κ1) is 11.7. The van der Waals surface area contributed by atoms with Crippen molar-refractivity contribution in [1.29, 1.82) is 0 Å². The van der Waals surface area contributed by atoms with Gasteiger partial charge in [0.1, 0.15) is 0 Å². The van der Waals surface area contributed by atoms with E-state index in [1.807, 2.05) is 6.07 Å². The summed E-state index contributed by atoms with van der Waals surface area (Å²) in [6, 6.07) is 8.42. The van der Waals surface area contributed by atoms with E-state index in [9.17, 15) is 0 Å². The molecule has 2 atom stereocenters. The van der Waals surface area contributed by atoms with Crippen LogP contribution in [0.4, 0.5) is 0 Å². The van der Waals surface area contributed by atoms with E-state index >= 15 is 0 Å². The van der Waals surface area contributed by atoms with E-state index in [1.165, 1.54) is 10.0 Å². The van der Waals surface area contributed by atoms with E-state index in [1.54, 1.807) is 0 Å². The maximum Gasteiger partial charge on any atom is 0.0210 e. The Hall–Kier alpha value is -0.340. The topological polar surface area (TPSA) is 26.0 Å². The quantitative estimate of drug-likeness (QED) is 0.876. The Morgan fingerprint density at radius 2 is 1.93 bits per heavy atom. The molecule has 1 rings (SSSR count). The summed E-state index contributed by atoms with van der Waals surface area (Å²) in [5.74, 6) is 1.20. The molecular weight excluding hydrogens is 238 g/mol. The van der Waals surface area contributed by atoms with Gasteiger partial charge in [0.25, 0.3) is 0 Å². The third-order valence-electron chi connectivity index (χ3n) is 2.87. The van der Waals surface area contributed by atoms with Crippen LogP contribution >= 0.6 is 15.9 Å². The maximum atomic E-state index is 5.57. The first-order valence-electron chi connectivity index (χ1n) is 5.11. The van der Waals surface area contributed by atoms with E-state index < -0.39 is 0 Å². The number of nitrogens with two attached hydrogens (primary N) is 1. The van der Waals surface area contributed by atoms with E-state index in [0.717, 1.165) is 13.0 Å². The van der Waals surface area contributed by atoms with Crippen molar-refractivity contribution in [1.82, 2.24) is 0 Å². The Labute approximate surface area is 94.8 Å². The SMILES string of the molecule is CC(CCN)C(C)c1ccccc1Br. The van der Waals surface area contributed by atoms with E-state index in [-0.39, 0.29) is 0 Å².